The van der Waals surface area contributed by atoms with Crippen LogP contribution in [0.1, 0.15) is 239 Å². The van der Waals surface area contributed by atoms with E-state index in [9.17, 15) is 14.4 Å². The monoisotopic (exact) mass is 877 g/mol. The Labute approximate surface area is 388 Å². The van der Waals surface area contributed by atoms with Gasteiger partial charge in [-0.1, -0.05) is 228 Å². The first-order chi connectivity index (χ1) is 31.0. The Balaban J connectivity index is 4.31. The predicted octanol–water partition coefficient (Wildman–Crippen LogP) is 17.2. The van der Waals surface area contributed by atoms with Gasteiger partial charge in [-0.25, -0.2) is 0 Å². The fraction of sp³-hybridized carbons (Fsp3) is 0.702. The summed E-state index contributed by atoms with van der Waals surface area (Å²) in [5, 5.41) is 0. The third-order valence-corrected chi connectivity index (χ3v) is 10.9. The number of rotatable bonds is 46. The normalized spacial score (nSPS) is 12.7. The molecule has 0 radical (unpaired) electrons. The van der Waals surface area contributed by atoms with Gasteiger partial charge in [0.25, 0.3) is 0 Å². The van der Waals surface area contributed by atoms with Gasteiger partial charge >= 0.3 is 17.9 Å². The van der Waals surface area contributed by atoms with Crippen LogP contribution in [0, 0.1) is 0 Å². The van der Waals surface area contributed by atoms with Gasteiger partial charge in [-0.3, -0.25) is 14.4 Å². The summed E-state index contributed by atoms with van der Waals surface area (Å²) in [6.45, 7) is 6.46. The molecule has 0 amide bonds. The number of hydrogen-bond acceptors (Lipinski definition) is 6. The summed E-state index contributed by atoms with van der Waals surface area (Å²) in [6, 6.07) is 0. The highest BCUT2D eigenvalue weighted by Gasteiger charge is 2.19. The number of carbonyl (C=O) groups excluding carboxylic acids is 3. The zero-order chi connectivity index (χ0) is 45.8. The van der Waals surface area contributed by atoms with Crippen LogP contribution in [-0.2, 0) is 28.6 Å². The average molecular weight is 877 g/mol. The maximum Gasteiger partial charge on any atom is 0.306 e. The Morgan fingerprint density at radius 2 is 0.619 bits per heavy atom. The van der Waals surface area contributed by atoms with E-state index in [0.717, 1.165) is 109 Å². The van der Waals surface area contributed by atoms with Gasteiger partial charge in [0.15, 0.2) is 6.10 Å². The van der Waals surface area contributed by atoms with Crippen LogP contribution in [-0.4, -0.2) is 37.2 Å². The van der Waals surface area contributed by atoms with E-state index in [1.54, 1.807) is 0 Å². The van der Waals surface area contributed by atoms with Gasteiger partial charge in [-0.2, -0.15) is 0 Å². The molecule has 6 nitrogen and oxygen atoms in total. The van der Waals surface area contributed by atoms with E-state index in [1.807, 2.05) is 0 Å². The van der Waals surface area contributed by atoms with Crippen LogP contribution in [0.15, 0.2) is 85.1 Å². The van der Waals surface area contributed by atoms with Crippen molar-refractivity contribution in [1.29, 1.82) is 0 Å². The molecule has 6 heteroatoms. The van der Waals surface area contributed by atoms with E-state index >= 15 is 0 Å². The average Bonchev–Trinajstić information content (AvgIpc) is 3.28. The second kappa shape index (κ2) is 51.2. The third-order valence-electron chi connectivity index (χ3n) is 10.9. The molecule has 63 heavy (non-hydrogen) atoms. The van der Waals surface area contributed by atoms with Gasteiger partial charge in [0.1, 0.15) is 13.2 Å². The molecule has 0 aliphatic rings. The lowest BCUT2D eigenvalue weighted by Gasteiger charge is -2.18. The molecule has 360 valence electrons. The van der Waals surface area contributed by atoms with Crippen LogP contribution >= 0.6 is 0 Å². The van der Waals surface area contributed by atoms with Crippen molar-refractivity contribution in [1.82, 2.24) is 0 Å². The van der Waals surface area contributed by atoms with Crippen molar-refractivity contribution in [2.75, 3.05) is 13.2 Å². The lowest BCUT2D eigenvalue weighted by atomic mass is 10.1. The summed E-state index contributed by atoms with van der Waals surface area (Å²) in [6.07, 6.45) is 65.7. The molecule has 0 aromatic carbocycles. The van der Waals surface area contributed by atoms with Crippen molar-refractivity contribution < 1.29 is 28.6 Å². The highest BCUT2D eigenvalue weighted by atomic mass is 16.6. The number of unbranched alkanes of at least 4 members (excludes halogenated alkanes) is 21. The maximum atomic E-state index is 12.7. The van der Waals surface area contributed by atoms with Crippen LogP contribution in [0.25, 0.3) is 0 Å². The van der Waals surface area contributed by atoms with E-state index < -0.39 is 6.10 Å². The first-order valence-corrected chi connectivity index (χ1v) is 26.1. The van der Waals surface area contributed by atoms with Gasteiger partial charge in [0, 0.05) is 19.3 Å². The Kier molecular flexibility index (Phi) is 48.5. The van der Waals surface area contributed by atoms with Crippen LogP contribution in [0.3, 0.4) is 0 Å². The van der Waals surface area contributed by atoms with Gasteiger partial charge in [0.2, 0.25) is 0 Å². The zero-order valence-electron chi connectivity index (χ0n) is 41.1. The number of esters is 3. The number of ether oxygens (including phenoxy) is 3. The summed E-state index contributed by atoms with van der Waals surface area (Å²) in [4.78, 5) is 37.8. The van der Waals surface area contributed by atoms with Gasteiger partial charge in [-0.15, -0.1) is 0 Å². The molecule has 0 aliphatic heterocycles. The molecule has 1 unspecified atom stereocenters. The summed E-state index contributed by atoms with van der Waals surface area (Å²) < 4.78 is 16.7. The molecule has 1 atom stereocenters. The Morgan fingerprint density at radius 3 is 0.968 bits per heavy atom. The van der Waals surface area contributed by atoms with Crippen molar-refractivity contribution >= 4 is 17.9 Å². The molecule has 0 fully saturated rings. The zero-order valence-corrected chi connectivity index (χ0v) is 41.1. The van der Waals surface area contributed by atoms with Crippen molar-refractivity contribution in [3.05, 3.63) is 85.1 Å². The Hall–Kier alpha value is -3.41. The van der Waals surface area contributed by atoms with Gasteiger partial charge in [-0.05, 0) is 77.0 Å². The quantitative estimate of drug-likeness (QED) is 0.0262. The first-order valence-electron chi connectivity index (χ1n) is 26.1. The Bertz CT molecular complexity index is 1240. The minimum Gasteiger partial charge on any atom is -0.462 e. The smallest absolute Gasteiger partial charge is 0.306 e. The Morgan fingerprint density at radius 1 is 0.333 bits per heavy atom. The van der Waals surface area contributed by atoms with Crippen LogP contribution < -0.4 is 0 Å². The predicted molar refractivity (Wildman–Crippen MR) is 270 cm³/mol. The molecule has 0 saturated heterocycles. The second-order valence-electron chi connectivity index (χ2n) is 17.1. The SMILES string of the molecule is CC/C=C\C/C=C\C/C=C\C/C=C\C/C=C\C/C=C\C/C=C\CCCCCC(=O)OCC(COC(=O)CCCCCCCCCCCC)OC(=O)CCCCCCCCCCCC. The first kappa shape index (κ1) is 59.6. The van der Waals surface area contributed by atoms with E-state index in [-0.39, 0.29) is 31.1 Å². The molecule has 0 rings (SSSR count). The van der Waals surface area contributed by atoms with E-state index in [1.165, 1.54) is 89.9 Å². The highest BCUT2D eigenvalue weighted by Crippen LogP contribution is 2.14. The summed E-state index contributed by atoms with van der Waals surface area (Å²) >= 11 is 0. The molecule has 0 heterocycles. The minimum absolute atomic E-state index is 0.0848. The number of allylic oxidation sites excluding steroid dienone is 14. The highest BCUT2D eigenvalue weighted by molar-refractivity contribution is 5.71. The van der Waals surface area contributed by atoms with Crippen LogP contribution in [0.2, 0.25) is 0 Å². The molecule has 0 bridgehead atoms. The largest absolute Gasteiger partial charge is 0.462 e. The molecule has 0 aromatic heterocycles. The third kappa shape index (κ3) is 49.5. The standard InChI is InChI=1S/C57H96O6/c1-4-7-10-13-16-19-22-23-24-25-26-27-28-29-30-31-32-33-34-35-36-39-41-44-47-50-56(59)62-53-54(63-57(60)51-48-45-42-38-21-18-15-12-9-6-3)52-61-55(58)49-46-43-40-37-20-17-14-11-8-5-2/h7,10,16,19,23-24,26-27,29-30,32-33,35-36,54H,4-6,8-9,11-15,17-18,20-22,25,28,31,34,37-53H2,1-3H3/b10-7-,19-16-,24-23-,27-26-,30-29-,33-32-,36-35-. The fourth-order valence-corrected chi connectivity index (χ4v) is 7.01. The maximum absolute atomic E-state index is 12.7. The van der Waals surface area contributed by atoms with E-state index in [4.69, 9.17) is 14.2 Å². The molecular weight excluding hydrogens is 781 g/mol. The topological polar surface area (TPSA) is 78.9 Å². The fourth-order valence-electron chi connectivity index (χ4n) is 7.01. The molecule has 0 spiro atoms. The minimum atomic E-state index is -0.785. The molecule has 0 N–H and O–H groups in total. The number of hydrogen-bond donors (Lipinski definition) is 0. The van der Waals surface area contributed by atoms with Crippen molar-refractivity contribution in [2.24, 2.45) is 0 Å². The van der Waals surface area contributed by atoms with Gasteiger partial charge in [0.05, 0.1) is 0 Å². The van der Waals surface area contributed by atoms with E-state index in [2.05, 4.69) is 106 Å². The molecule has 0 aliphatic carbocycles. The molecule has 0 aromatic rings. The van der Waals surface area contributed by atoms with E-state index in [0.29, 0.717) is 19.3 Å². The van der Waals surface area contributed by atoms with Crippen molar-refractivity contribution in [2.45, 2.75) is 245 Å². The lowest BCUT2D eigenvalue weighted by molar-refractivity contribution is -0.167. The lowest BCUT2D eigenvalue weighted by Crippen LogP contribution is -2.30. The van der Waals surface area contributed by atoms with Crippen molar-refractivity contribution in [3.63, 3.8) is 0 Å². The summed E-state index contributed by atoms with van der Waals surface area (Å²) in [7, 11) is 0. The number of carbonyl (C=O) groups is 3. The molecular formula is C57H96O6. The molecule has 0 saturated carbocycles. The second-order valence-corrected chi connectivity index (χ2v) is 17.1. The van der Waals surface area contributed by atoms with Crippen LogP contribution in [0.5, 0.6) is 0 Å². The van der Waals surface area contributed by atoms with Crippen LogP contribution in [0.4, 0.5) is 0 Å². The summed E-state index contributed by atoms with van der Waals surface area (Å²) in [5.74, 6) is -0.922. The van der Waals surface area contributed by atoms with Crippen molar-refractivity contribution in [3.8, 4) is 0 Å². The van der Waals surface area contributed by atoms with Gasteiger partial charge < -0.3 is 14.2 Å². The summed E-state index contributed by atoms with van der Waals surface area (Å²) in [5.41, 5.74) is 0.